The van der Waals surface area contributed by atoms with Crippen molar-refractivity contribution >= 4 is 17.9 Å². The van der Waals surface area contributed by atoms with Crippen LogP contribution in [0.25, 0.3) is 0 Å². The molecule has 40 heavy (non-hydrogen) atoms. The molecule has 8 aliphatic rings. The molecular weight excluding hydrogens is 524 g/mol. The van der Waals surface area contributed by atoms with Gasteiger partial charge in [-0.1, -0.05) is 13.0 Å². The molecule has 11 heteroatoms. The number of aliphatic hydroxyl groups is 3. The molecule has 0 aromatic rings. The van der Waals surface area contributed by atoms with E-state index in [2.05, 4.69) is 0 Å². The van der Waals surface area contributed by atoms with Gasteiger partial charge in [0.15, 0.2) is 12.2 Å². The zero-order chi connectivity index (χ0) is 28.3. The second-order valence-electron chi connectivity index (χ2n) is 13.2. The molecule has 11 nitrogen and oxygen atoms in total. The second kappa shape index (κ2) is 8.38. The van der Waals surface area contributed by atoms with Gasteiger partial charge in [-0.25, -0.2) is 14.4 Å². The van der Waals surface area contributed by atoms with Gasteiger partial charge in [0.05, 0.1) is 24.4 Å². The smallest absolute Gasteiger partial charge is 0.338 e. The third-order valence-electron chi connectivity index (χ3n) is 11.6. The largest absolute Gasteiger partial charge is 0.462 e. The highest BCUT2D eigenvalue weighted by Gasteiger charge is 2.83. The van der Waals surface area contributed by atoms with E-state index >= 15 is 0 Å². The predicted molar refractivity (Wildman–Crippen MR) is 133 cm³/mol. The van der Waals surface area contributed by atoms with Gasteiger partial charge in [0.2, 0.25) is 0 Å². The van der Waals surface area contributed by atoms with Gasteiger partial charge >= 0.3 is 17.9 Å². The Balaban J connectivity index is 1.30. The van der Waals surface area contributed by atoms with Crippen molar-refractivity contribution in [2.75, 3.05) is 13.2 Å². The number of cyclic esters (lactones) is 1. The van der Waals surface area contributed by atoms with E-state index < -0.39 is 76.1 Å². The Hall–Kier alpha value is -2.31. The number of esters is 3. The number of rotatable bonds is 0. The lowest BCUT2D eigenvalue weighted by Crippen LogP contribution is -2.80. The summed E-state index contributed by atoms with van der Waals surface area (Å²) in [6, 6.07) is 0. The minimum Gasteiger partial charge on any atom is -0.462 e. The summed E-state index contributed by atoms with van der Waals surface area (Å²) in [6.07, 6.45) is 2.09. The van der Waals surface area contributed by atoms with Crippen LogP contribution in [-0.2, 0) is 38.1 Å². The molecule has 5 heterocycles. The molecule has 7 fully saturated rings. The van der Waals surface area contributed by atoms with Gasteiger partial charge in [-0.2, -0.15) is 0 Å². The highest BCUT2D eigenvalue weighted by Crippen LogP contribution is 2.74. The number of aliphatic hydroxyl groups excluding tert-OH is 1. The first-order valence-corrected chi connectivity index (χ1v) is 14.3. The summed E-state index contributed by atoms with van der Waals surface area (Å²) in [4.78, 5) is 38.8. The summed E-state index contributed by atoms with van der Waals surface area (Å²) < 4.78 is 29.8. The number of hydrogen-bond acceptors (Lipinski definition) is 11. The third-order valence-corrected chi connectivity index (χ3v) is 11.6. The molecule has 0 aromatic carbocycles. The normalized spacial score (nSPS) is 53.3. The number of hydrogen-bond donors (Lipinski definition) is 3. The first-order chi connectivity index (χ1) is 18.9. The van der Waals surface area contributed by atoms with Crippen molar-refractivity contribution in [2.24, 2.45) is 16.7 Å². The van der Waals surface area contributed by atoms with E-state index in [9.17, 15) is 29.7 Å². The van der Waals surface area contributed by atoms with Gasteiger partial charge in [0, 0.05) is 35.3 Å². The lowest BCUT2D eigenvalue weighted by Gasteiger charge is -2.71. The van der Waals surface area contributed by atoms with Crippen LogP contribution in [0.1, 0.15) is 58.8 Å². The van der Waals surface area contributed by atoms with E-state index in [1.165, 1.54) is 12.2 Å². The summed E-state index contributed by atoms with van der Waals surface area (Å²) >= 11 is 0. The molecule has 11 unspecified atom stereocenters. The maximum Gasteiger partial charge on any atom is 0.338 e. The molecule has 4 saturated heterocycles. The summed E-state index contributed by atoms with van der Waals surface area (Å²) in [6.45, 7) is 3.71. The average Bonchev–Trinajstić information content (AvgIpc) is 3.24. The first-order valence-electron chi connectivity index (χ1n) is 14.3. The molecule has 5 aliphatic heterocycles. The van der Waals surface area contributed by atoms with Gasteiger partial charge in [-0.3, -0.25) is 0 Å². The first kappa shape index (κ1) is 26.6. The van der Waals surface area contributed by atoms with Crippen molar-refractivity contribution in [3.63, 3.8) is 0 Å². The van der Waals surface area contributed by atoms with Crippen LogP contribution in [0.2, 0.25) is 0 Å². The highest BCUT2D eigenvalue weighted by atomic mass is 16.6. The van der Waals surface area contributed by atoms with Gasteiger partial charge in [0.25, 0.3) is 0 Å². The van der Waals surface area contributed by atoms with Crippen LogP contribution in [-0.4, -0.2) is 93.8 Å². The van der Waals surface area contributed by atoms with Crippen molar-refractivity contribution < 1.29 is 53.4 Å². The van der Waals surface area contributed by atoms with Gasteiger partial charge in [-0.05, 0) is 51.0 Å². The predicted octanol–water partition coefficient (Wildman–Crippen LogP) is 0.623. The quantitative estimate of drug-likeness (QED) is 0.282. The summed E-state index contributed by atoms with van der Waals surface area (Å²) in [5.41, 5.74) is -5.27. The van der Waals surface area contributed by atoms with Crippen molar-refractivity contribution in [3.05, 3.63) is 23.8 Å². The van der Waals surface area contributed by atoms with Crippen LogP contribution in [0.15, 0.2) is 23.8 Å². The lowest BCUT2D eigenvalue weighted by molar-refractivity contribution is -0.377. The Kier molecular flexibility index (Phi) is 5.57. The monoisotopic (exact) mass is 560 g/mol. The molecule has 8 bridgehead atoms. The van der Waals surface area contributed by atoms with Gasteiger partial charge in [0.1, 0.15) is 23.9 Å². The molecule has 0 radical (unpaired) electrons. The Morgan fingerprint density at radius 1 is 1.00 bits per heavy atom. The van der Waals surface area contributed by atoms with E-state index in [1.807, 2.05) is 6.92 Å². The summed E-state index contributed by atoms with van der Waals surface area (Å²) in [5, 5.41) is 34.2. The van der Waals surface area contributed by atoms with Crippen molar-refractivity contribution in [3.8, 4) is 0 Å². The number of ether oxygens (including phenoxy) is 5. The zero-order valence-electron chi connectivity index (χ0n) is 22.7. The minimum atomic E-state index is -1.54. The van der Waals surface area contributed by atoms with Gasteiger partial charge in [-0.15, -0.1) is 0 Å². The van der Waals surface area contributed by atoms with Crippen LogP contribution in [0, 0.1) is 16.7 Å². The van der Waals surface area contributed by atoms with E-state index in [1.54, 1.807) is 13.0 Å². The fraction of sp³-hybridized carbons (Fsp3) is 0.759. The van der Waals surface area contributed by atoms with Crippen molar-refractivity contribution in [1.82, 2.24) is 0 Å². The molecule has 3 aliphatic carbocycles. The Morgan fingerprint density at radius 2 is 1.80 bits per heavy atom. The topological polar surface area (TPSA) is 158 Å². The van der Waals surface area contributed by atoms with Gasteiger partial charge < -0.3 is 39.0 Å². The fourth-order valence-corrected chi connectivity index (χ4v) is 9.31. The van der Waals surface area contributed by atoms with Crippen LogP contribution >= 0.6 is 0 Å². The van der Waals surface area contributed by atoms with E-state index in [4.69, 9.17) is 23.7 Å². The van der Waals surface area contributed by atoms with Crippen LogP contribution in [0.3, 0.4) is 0 Å². The Bertz CT molecular complexity index is 1220. The number of carbonyl (C=O) groups excluding carboxylic acids is 3. The fourth-order valence-electron chi connectivity index (χ4n) is 9.31. The molecule has 3 N–H and O–H groups in total. The van der Waals surface area contributed by atoms with E-state index in [0.29, 0.717) is 37.7 Å². The maximum atomic E-state index is 13.3. The Morgan fingerprint density at radius 3 is 2.60 bits per heavy atom. The number of allylic oxidation sites excluding steroid dienone is 1. The summed E-state index contributed by atoms with van der Waals surface area (Å²) in [7, 11) is 0. The molecular formula is C29H36O11. The standard InChI is InChI=1S/C29H36O11/c1-25(34)8-9-27-14-36-20(31)11-15-6-10-37-28(21(32)24(33)40-22(15)28)7-4-3-5-19(30)38-17-12-18-29(35,26(17,27)2)13-16(25)23(27)39-18/h3,5,11,16-18,21-23,32,34-35H,4,6-10,12-14H2,1-2H3. The van der Waals surface area contributed by atoms with Crippen LogP contribution in [0.5, 0.6) is 0 Å². The molecule has 8 rings (SSSR count). The lowest BCUT2D eigenvalue weighted by atomic mass is 9.40. The van der Waals surface area contributed by atoms with Crippen LogP contribution in [0.4, 0.5) is 0 Å². The molecule has 0 aromatic heterocycles. The highest BCUT2D eigenvalue weighted by molar-refractivity contribution is 5.85. The molecule has 3 saturated carbocycles. The average molecular weight is 561 g/mol. The summed E-state index contributed by atoms with van der Waals surface area (Å²) in [5.74, 6) is -2.46. The maximum absolute atomic E-state index is 13.3. The van der Waals surface area contributed by atoms with Crippen LogP contribution < -0.4 is 0 Å². The minimum absolute atomic E-state index is 0.114. The molecule has 1 spiro atoms. The second-order valence-corrected chi connectivity index (χ2v) is 13.2. The zero-order valence-corrected chi connectivity index (χ0v) is 22.7. The van der Waals surface area contributed by atoms with Crippen molar-refractivity contribution in [2.45, 2.75) is 106 Å². The molecule has 0 amide bonds. The van der Waals surface area contributed by atoms with E-state index in [0.717, 1.165) is 0 Å². The number of carbonyl (C=O) groups is 3. The van der Waals surface area contributed by atoms with E-state index in [-0.39, 0.29) is 32.0 Å². The SMILES string of the molecule is CC1(O)CCC23COC(=O)C=C4CCOC5(CCC=CC(=O)OC6CC7OC2C1CC7(O)C63C)C(O)C(=O)OC45. The van der Waals surface area contributed by atoms with Crippen molar-refractivity contribution in [1.29, 1.82) is 0 Å². The molecule has 11 atom stereocenters. The Labute approximate surface area is 231 Å². The molecule has 218 valence electrons. The third kappa shape index (κ3) is 3.15.